The molecule has 15 heavy (non-hydrogen) atoms. The highest BCUT2D eigenvalue weighted by Crippen LogP contribution is 2.28. The second kappa shape index (κ2) is 5.14. The van der Waals surface area contributed by atoms with Gasteiger partial charge in [-0.3, -0.25) is 4.79 Å². The van der Waals surface area contributed by atoms with Crippen molar-refractivity contribution in [3.05, 3.63) is 0 Å². The average molecular weight is 258 g/mol. The first kappa shape index (κ1) is 14.7. The van der Waals surface area contributed by atoms with Crippen molar-refractivity contribution in [2.75, 3.05) is 0 Å². The van der Waals surface area contributed by atoms with E-state index in [0.29, 0.717) is 12.8 Å². The Morgan fingerprint density at radius 3 is 2.13 bits per heavy atom. The third-order valence-electron chi connectivity index (χ3n) is 2.19. The summed E-state index contributed by atoms with van der Waals surface area (Å²) in [5, 5.41) is 8.41. The van der Waals surface area contributed by atoms with Crippen LogP contribution in [0, 0.1) is 5.92 Å². The van der Waals surface area contributed by atoms with Crippen LogP contribution in [-0.4, -0.2) is 30.8 Å². The lowest BCUT2D eigenvalue weighted by Crippen LogP contribution is -2.45. The molecule has 1 atom stereocenters. The number of halogens is 1. The molecule has 0 aromatic carbocycles. The summed E-state index contributed by atoms with van der Waals surface area (Å²) in [5.41, 5.74) is 0. The smallest absolute Gasteiger partial charge is 0.321 e. The van der Waals surface area contributed by atoms with Gasteiger partial charge in [-0.25, -0.2) is 13.1 Å². The van der Waals surface area contributed by atoms with Gasteiger partial charge in [0.1, 0.15) is 6.04 Å². The van der Waals surface area contributed by atoms with Gasteiger partial charge in [-0.1, -0.05) is 13.8 Å². The lowest BCUT2D eigenvalue weighted by Gasteiger charge is -2.17. The summed E-state index contributed by atoms with van der Waals surface area (Å²) >= 11 is 0. The van der Waals surface area contributed by atoms with Crippen molar-refractivity contribution in [2.24, 2.45) is 5.92 Å². The lowest BCUT2D eigenvalue weighted by atomic mass is 10.1. The predicted octanol–water partition coefficient (Wildman–Crippen LogP) is 0.599. The van der Waals surface area contributed by atoms with Crippen molar-refractivity contribution < 1.29 is 18.3 Å². The summed E-state index contributed by atoms with van der Waals surface area (Å²) in [6.45, 7) is 3.35. The first-order chi connectivity index (χ1) is 6.34. The molecule has 1 saturated carbocycles. The zero-order valence-electron chi connectivity index (χ0n) is 8.63. The Bertz CT molecular complexity index is 324. The van der Waals surface area contributed by atoms with Crippen LogP contribution in [0.1, 0.15) is 26.7 Å². The van der Waals surface area contributed by atoms with E-state index in [9.17, 15) is 13.2 Å². The van der Waals surface area contributed by atoms with E-state index >= 15 is 0 Å². The number of carbonyl (C=O) groups is 1. The summed E-state index contributed by atoms with van der Waals surface area (Å²) < 4.78 is 25.1. The largest absolute Gasteiger partial charge is 0.480 e. The van der Waals surface area contributed by atoms with Gasteiger partial charge in [-0.05, 0) is 18.8 Å². The maximum absolute atomic E-state index is 11.4. The minimum Gasteiger partial charge on any atom is -0.480 e. The van der Waals surface area contributed by atoms with Crippen LogP contribution in [-0.2, 0) is 14.8 Å². The van der Waals surface area contributed by atoms with E-state index in [0.717, 1.165) is 0 Å². The molecular formula is C8H16ClNO4S. The zero-order valence-corrected chi connectivity index (χ0v) is 10.3. The topological polar surface area (TPSA) is 83.5 Å². The van der Waals surface area contributed by atoms with Crippen LogP contribution in [0.15, 0.2) is 0 Å². The molecule has 5 nitrogen and oxygen atoms in total. The van der Waals surface area contributed by atoms with Crippen molar-refractivity contribution in [3.63, 3.8) is 0 Å². The van der Waals surface area contributed by atoms with Gasteiger partial charge in [-0.2, -0.15) is 0 Å². The number of hydrogen-bond donors (Lipinski definition) is 2. The fraction of sp³-hybridized carbons (Fsp3) is 0.875. The fourth-order valence-electron chi connectivity index (χ4n) is 1.12. The number of sulfonamides is 1. The molecule has 90 valence electrons. The molecule has 0 unspecified atom stereocenters. The number of rotatable bonds is 5. The third kappa shape index (κ3) is 3.96. The SMILES string of the molecule is CC(C)[C@@H](NS(=O)(=O)C1CC1)C(=O)O.Cl. The Morgan fingerprint density at radius 1 is 1.40 bits per heavy atom. The molecule has 0 aromatic heterocycles. The van der Waals surface area contributed by atoms with Crippen molar-refractivity contribution >= 4 is 28.4 Å². The lowest BCUT2D eigenvalue weighted by molar-refractivity contribution is -0.140. The molecule has 2 N–H and O–H groups in total. The molecule has 1 aliphatic carbocycles. The molecule has 0 aromatic rings. The molecule has 0 saturated heterocycles. The Morgan fingerprint density at radius 2 is 1.87 bits per heavy atom. The monoisotopic (exact) mass is 257 g/mol. The molecule has 7 heteroatoms. The molecule has 1 rings (SSSR count). The standard InChI is InChI=1S/C8H15NO4S.ClH/c1-5(2)7(8(10)11)9-14(12,13)6-3-4-6;/h5-7,9H,3-4H2,1-2H3,(H,10,11);1H/t7-;/m1./s1. The first-order valence-corrected chi connectivity index (χ1v) is 6.13. The van der Waals surface area contributed by atoms with Crippen LogP contribution in [0.25, 0.3) is 0 Å². The summed E-state index contributed by atoms with van der Waals surface area (Å²) in [6.07, 6.45) is 1.28. The molecule has 0 amide bonds. The minimum absolute atomic E-state index is 0. The molecule has 0 spiro atoms. The summed E-state index contributed by atoms with van der Waals surface area (Å²) in [4.78, 5) is 10.7. The molecule has 1 fully saturated rings. The highest BCUT2D eigenvalue weighted by atomic mass is 35.5. The van der Waals surface area contributed by atoms with Gasteiger partial charge < -0.3 is 5.11 Å². The van der Waals surface area contributed by atoms with E-state index in [1.165, 1.54) is 0 Å². The summed E-state index contributed by atoms with van der Waals surface area (Å²) in [5.74, 6) is -1.37. The van der Waals surface area contributed by atoms with E-state index in [-0.39, 0.29) is 23.6 Å². The Hall–Kier alpha value is -0.330. The second-order valence-electron chi connectivity index (χ2n) is 3.92. The van der Waals surface area contributed by atoms with Crippen LogP contribution in [0.3, 0.4) is 0 Å². The second-order valence-corrected chi connectivity index (χ2v) is 5.91. The van der Waals surface area contributed by atoms with Crippen molar-refractivity contribution in [1.82, 2.24) is 4.72 Å². The fourth-order valence-corrected chi connectivity index (χ4v) is 2.80. The predicted molar refractivity (Wildman–Crippen MR) is 58.6 cm³/mol. The molecule has 1 aliphatic rings. The van der Waals surface area contributed by atoms with E-state index in [2.05, 4.69) is 4.72 Å². The van der Waals surface area contributed by atoms with Gasteiger partial charge in [0, 0.05) is 0 Å². The van der Waals surface area contributed by atoms with Gasteiger partial charge >= 0.3 is 5.97 Å². The Kier molecular flexibility index (Phi) is 5.02. The molecule has 0 heterocycles. The van der Waals surface area contributed by atoms with Crippen molar-refractivity contribution in [2.45, 2.75) is 38.0 Å². The van der Waals surface area contributed by atoms with Gasteiger partial charge in [0.15, 0.2) is 0 Å². The number of hydrogen-bond acceptors (Lipinski definition) is 3. The first-order valence-electron chi connectivity index (χ1n) is 4.58. The number of carboxylic acid groups (broad SMARTS) is 1. The zero-order chi connectivity index (χ0) is 10.9. The average Bonchev–Trinajstić information content (AvgIpc) is 2.80. The van der Waals surface area contributed by atoms with E-state index in [1.54, 1.807) is 13.8 Å². The molecule has 0 radical (unpaired) electrons. The highest BCUT2D eigenvalue weighted by Gasteiger charge is 2.38. The molecular weight excluding hydrogens is 242 g/mol. The summed E-state index contributed by atoms with van der Waals surface area (Å²) in [6, 6.07) is -1.01. The Balaban J connectivity index is 0.00000196. The van der Waals surface area contributed by atoms with Crippen molar-refractivity contribution in [1.29, 1.82) is 0 Å². The summed E-state index contributed by atoms with van der Waals surface area (Å²) in [7, 11) is -3.41. The quantitative estimate of drug-likeness (QED) is 0.756. The van der Waals surface area contributed by atoms with Crippen LogP contribution in [0.4, 0.5) is 0 Å². The van der Waals surface area contributed by atoms with E-state index in [4.69, 9.17) is 5.11 Å². The molecule has 0 bridgehead atoms. The number of carboxylic acids is 1. The van der Waals surface area contributed by atoms with Gasteiger partial charge in [-0.15, -0.1) is 12.4 Å². The van der Waals surface area contributed by atoms with Gasteiger partial charge in [0.25, 0.3) is 0 Å². The minimum atomic E-state index is -3.41. The molecule has 0 aliphatic heterocycles. The van der Waals surface area contributed by atoms with E-state index < -0.39 is 22.0 Å². The maximum Gasteiger partial charge on any atom is 0.321 e. The highest BCUT2D eigenvalue weighted by molar-refractivity contribution is 7.90. The van der Waals surface area contributed by atoms with Crippen molar-refractivity contribution in [3.8, 4) is 0 Å². The van der Waals surface area contributed by atoms with Crippen LogP contribution < -0.4 is 4.72 Å². The number of aliphatic carboxylic acids is 1. The van der Waals surface area contributed by atoms with Gasteiger partial charge in [0.05, 0.1) is 5.25 Å². The normalized spacial score (nSPS) is 18.3. The third-order valence-corrected chi connectivity index (χ3v) is 4.12. The van der Waals surface area contributed by atoms with Crippen LogP contribution in [0.5, 0.6) is 0 Å². The van der Waals surface area contributed by atoms with E-state index in [1.807, 2.05) is 0 Å². The number of nitrogens with one attached hydrogen (secondary N) is 1. The van der Waals surface area contributed by atoms with Gasteiger partial charge in [0.2, 0.25) is 10.0 Å². The van der Waals surface area contributed by atoms with Crippen LogP contribution >= 0.6 is 12.4 Å². The Labute approximate surface area is 95.7 Å². The van der Waals surface area contributed by atoms with Crippen LogP contribution in [0.2, 0.25) is 0 Å². The maximum atomic E-state index is 11.4.